The summed E-state index contributed by atoms with van der Waals surface area (Å²) in [6.07, 6.45) is 0.0976. The Hall–Kier alpha value is -1.97. The maximum absolute atomic E-state index is 13.8. The number of aromatic nitrogens is 1. The summed E-state index contributed by atoms with van der Waals surface area (Å²) in [6, 6.07) is 6.44. The number of fused-ring (bicyclic) bond motifs is 1. The minimum atomic E-state index is -0.527. The first-order valence-corrected chi connectivity index (χ1v) is 6.53. The van der Waals surface area contributed by atoms with Gasteiger partial charge in [0.15, 0.2) is 0 Å². The molecule has 0 bridgehead atoms. The highest BCUT2D eigenvalue weighted by atomic mass is 19.1. The summed E-state index contributed by atoms with van der Waals surface area (Å²) in [5, 5.41) is 0.427. The molecule has 1 aromatic carbocycles. The van der Waals surface area contributed by atoms with Crippen LogP contribution in [0.3, 0.4) is 0 Å². The molecule has 106 valence electrons. The second kappa shape index (κ2) is 5.19. The van der Waals surface area contributed by atoms with Crippen molar-refractivity contribution in [1.82, 2.24) is 4.98 Å². The van der Waals surface area contributed by atoms with Crippen LogP contribution in [-0.4, -0.2) is 16.6 Å². The largest absolute Gasteiger partial charge is 0.460 e. The molecule has 0 amide bonds. The molecule has 1 heterocycles. The molecule has 0 atom stereocenters. The van der Waals surface area contributed by atoms with E-state index in [1.165, 1.54) is 6.07 Å². The molecule has 4 heteroatoms. The molecule has 2 rings (SSSR count). The maximum Gasteiger partial charge on any atom is 0.310 e. The Balaban J connectivity index is 2.33. The lowest BCUT2D eigenvalue weighted by molar-refractivity contribution is -0.153. The van der Waals surface area contributed by atoms with Crippen molar-refractivity contribution in [3.8, 4) is 0 Å². The van der Waals surface area contributed by atoms with Crippen LogP contribution in [0.15, 0.2) is 24.3 Å². The van der Waals surface area contributed by atoms with Gasteiger partial charge in [0.1, 0.15) is 11.4 Å². The van der Waals surface area contributed by atoms with E-state index in [9.17, 15) is 9.18 Å². The summed E-state index contributed by atoms with van der Waals surface area (Å²) >= 11 is 0. The van der Waals surface area contributed by atoms with E-state index in [2.05, 4.69) is 4.98 Å². The summed E-state index contributed by atoms with van der Waals surface area (Å²) in [6.45, 7) is 7.26. The van der Waals surface area contributed by atoms with Crippen molar-refractivity contribution in [3.05, 3.63) is 41.3 Å². The van der Waals surface area contributed by atoms with Gasteiger partial charge >= 0.3 is 5.97 Å². The molecule has 0 aliphatic carbocycles. The Kier molecular flexibility index (Phi) is 3.75. The number of benzene rings is 1. The number of aryl methyl sites for hydroxylation is 1. The van der Waals surface area contributed by atoms with Gasteiger partial charge in [0.25, 0.3) is 0 Å². The summed E-state index contributed by atoms with van der Waals surface area (Å²) in [4.78, 5) is 16.2. The Morgan fingerprint density at radius 2 is 2.05 bits per heavy atom. The minimum Gasteiger partial charge on any atom is -0.460 e. The van der Waals surface area contributed by atoms with Crippen LogP contribution in [0, 0.1) is 12.7 Å². The quantitative estimate of drug-likeness (QED) is 0.787. The third-order valence-electron chi connectivity index (χ3n) is 2.86. The van der Waals surface area contributed by atoms with Gasteiger partial charge in [-0.1, -0.05) is 6.07 Å². The summed E-state index contributed by atoms with van der Waals surface area (Å²) < 4.78 is 19.0. The molecule has 20 heavy (non-hydrogen) atoms. The molecule has 0 unspecified atom stereocenters. The zero-order valence-electron chi connectivity index (χ0n) is 12.2. The van der Waals surface area contributed by atoms with Crippen molar-refractivity contribution in [1.29, 1.82) is 0 Å². The smallest absolute Gasteiger partial charge is 0.310 e. The average Bonchev–Trinajstić information content (AvgIpc) is 2.29. The van der Waals surface area contributed by atoms with Gasteiger partial charge in [-0.2, -0.15) is 0 Å². The highest BCUT2D eigenvalue weighted by Crippen LogP contribution is 2.20. The number of esters is 1. The molecule has 0 aliphatic rings. The first kappa shape index (κ1) is 14.4. The fourth-order valence-corrected chi connectivity index (χ4v) is 2.01. The predicted octanol–water partition coefficient (Wildman–Crippen LogP) is 3.57. The molecule has 0 fully saturated rings. The average molecular weight is 275 g/mol. The Morgan fingerprint density at radius 3 is 2.70 bits per heavy atom. The van der Waals surface area contributed by atoms with E-state index < -0.39 is 5.60 Å². The van der Waals surface area contributed by atoms with Crippen LogP contribution in [-0.2, 0) is 16.0 Å². The predicted molar refractivity (Wildman–Crippen MR) is 76.0 cm³/mol. The standard InChI is InChI=1S/C16H18FNO2/c1-10-11(9-15(19)20-16(2,3)4)8-12-13(17)6-5-7-14(12)18-10/h5-8H,9H2,1-4H3. The molecule has 2 aromatic rings. The lowest BCUT2D eigenvalue weighted by Crippen LogP contribution is -2.25. The van der Waals surface area contributed by atoms with E-state index in [0.29, 0.717) is 22.2 Å². The SMILES string of the molecule is Cc1nc2cccc(F)c2cc1CC(=O)OC(C)(C)C. The molecule has 0 saturated heterocycles. The molecular formula is C16H18FNO2. The molecular weight excluding hydrogens is 257 g/mol. The molecule has 3 nitrogen and oxygen atoms in total. The van der Waals surface area contributed by atoms with Crippen LogP contribution in [0.25, 0.3) is 10.9 Å². The Morgan fingerprint density at radius 1 is 1.35 bits per heavy atom. The van der Waals surface area contributed by atoms with Crippen LogP contribution >= 0.6 is 0 Å². The van der Waals surface area contributed by atoms with Crippen molar-refractivity contribution in [2.24, 2.45) is 0 Å². The number of hydrogen-bond acceptors (Lipinski definition) is 3. The zero-order chi connectivity index (χ0) is 14.9. The summed E-state index contributed by atoms with van der Waals surface area (Å²) in [5.41, 5.74) is 1.47. The van der Waals surface area contributed by atoms with Crippen LogP contribution < -0.4 is 0 Å². The Labute approximate surface area is 117 Å². The van der Waals surface area contributed by atoms with Crippen molar-refractivity contribution >= 4 is 16.9 Å². The molecule has 0 radical (unpaired) electrons. The van der Waals surface area contributed by atoms with Gasteiger partial charge in [-0.25, -0.2) is 4.39 Å². The highest BCUT2D eigenvalue weighted by Gasteiger charge is 2.18. The molecule has 0 N–H and O–H groups in total. The van der Waals surface area contributed by atoms with Gasteiger partial charge in [0, 0.05) is 11.1 Å². The summed E-state index contributed by atoms with van der Waals surface area (Å²) in [5.74, 6) is -0.668. The lowest BCUT2D eigenvalue weighted by atomic mass is 10.1. The summed E-state index contributed by atoms with van der Waals surface area (Å²) in [7, 11) is 0. The Bertz CT molecular complexity index is 659. The van der Waals surface area contributed by atoms with Gasteiger partial charge in [0.05, 0.1) is 11.9 Å². The van der Waals surface area contributed by atoms with Crippen LogP contribution in [0.4, 0.5) is 4.39 Å². The normalized spacial score (nSPS) is 11.7. The number of carbonyl (C=O) groups is 1. The van der Waals surface area contributed by atoms with Crippen LogP contribution in [0.1, 0.15) is 32.0 Å². The van der Waals surface area contributed by atoms with Gasteiger partial charge in [-0.15, -0.1) is 0 Å². The first-order valence-electron chi connectivity index (χ1n) is 6.53. The first-order chi connectivity index (χ1) is 9.26. The van der Waals surface area contributed by atoms with Gasteiger partial charge in [0.2, 0.25) is 0 Å². The number of rotatable bonds is 2. The van der Waals surface area contributed by atoms with Crippen LogP contribution in [0.5, 0.6) is 0 Å². The van der Waals surface area contributed by atoms with Crippen molar-refractivity contribution in [2.75, 3.05) is 0 Å². The monoisotopic (exact) mass is 275 g/mol. The van der Waals surface area contributed by atoms with Crippen molar-refractivity contribution < 1.29 is 13.9 Å². The zero-order valence-corrected chi connectivity index (χ0v) is 12.2. The number of carbonyl (C=O) groups excluding carboxylic acids is 1. The van der Waals surface area contributed by atoms with Crippen molar-refractivity contribution in [2.45, 2.75) is 39.7 Å². The molecule has 0 aliphatic heterocycles. The van der Waals surface area contributed by atoms with E-state index >= 15 is 0 Å². The van der Waals surface area contributed by atoms with E-state index in [1.54, 1.807) is 18.2 Å². The fraction of sp³-hybridized carbons (Fsp3) is 0.375. The second-order valence-electron chi connectivity index (χ2n) is 5.80. The van der Waals surface area contributed by atoms with E-state index in [0.717, 1.165) is 0 Å². The van der Waals surface area contributed by atoms with Gasteiger partial charge in [-0.05, 0) is 51.5 Å². The third kappa shape index (κ3) is 3.32. The lowest BCUT2D eigenvalue weighted by Gasteiger charge is -2.19. The second-order valence-corrected chi connectivity index (χ2v) is 5.80. The molecule has 0 saturated carbocycles. The van der Waals surface area contributed by atoms with E-state index in [1.807, 2.05) is 27.7 Å². The topological polar surface area (TPSA) is 39.2 Å². The number of ether oxygens (including phenoxy) is 1. The maximum atomic E-state index is 13.8. The number of halogens is 1. The fourth-order valence-electron chi connectivity index (χ4n) is 2.01. The minimum absolute atomic E-state index is 0.0976. The molecule has 0 spiro atoms. The van der Waals surface area contributed by atoms with E-state index in [-0.39, 0.29) is 18.2 Å². The molecule has 1 aromatic heterocycles. The number of nitrogens with zero attached hydrogens (tertiary/aromatic N) is 1. The van der Waals surface area contributed by atoms with Crippen molar-refractivity contribution in [3.63, 3.8) is 0 Å². The van der Waals surface area contributed by atoms with Gasteiger partial charge in [-0.3, -0.25) is 9.78 Å². The number of pyridine rings is 1. The number of hydrogen-bond donors (Lipinski definition) is 0. The highest BCUT2D eigenvalue weighted by molar-refractivity contribution is 5.82. The van der Waals surface area contributed by atoms with Gasteiger partial charge < -0.3 is 4.74 Å². The van der Waals surface area contributed by atoms with Crippen LogP contribution in [0.2, 0.25) is 0 Å². The third-order valence-corrected chi connectivity index (χ3v) is 2.86. The van der Waals surface area contributed by atoms with E-state index in [4.69, 9.17) is 4.74 Å².